The Labute approximate surface area is 110 Å². The molecule has 1 heterocycles. The lowest BCUT2D eigenvalue weighted by Crippen LogP contribution is -2.27. The smallest absolute Gasteiger partial charge is 0.381 e. The van der Waals surface area contributed by atoms with Gasteiger partial charge in [-0.3, -0.25) is 4.79 Å². The van der Waals surface area contributed by atoms with Gasteiger partial charge in [0.05, 0.1) is 6.10 Å². The summed E-state index contributed by atoms with van der Waals surface area (Å²) in [5, 5.41) is 22.4. The van der Waals surface area contributed by atoms with E-state index in [2.05, 4.69) is 10.3 Å². The molecule has 0 radical (unpaired) electrons. The van der Waals surface area contributed by atoms with Crippen LogP contribution in [0.2, 0.25) is 0 Å². The van der Waals surface area contributed by atoms with E-state index in [1.807, 2.05) is 6.92 Å². The summed E-state index contributed by atoms with van der Waals surface area (Å²) in [7, 11) is 0. The van der Waals surface area contributed by atoms with Crippen LogP contribution in [0.3, 0.4) is 0 Å². The van der Waals surface area contributed by atoms with Crippen LogP contribution in [-0.4, -0.2) is 38.1 Å². The molecule has 0 fully saturated rings. The van der Waals surface area contributed by atoms with E-state index >= 15 is 0 Å². The van der Waals surface area contributed by atoms with E-state index in [1.165, 1.54) is 17.1 Å². The van der Waals surface area contributed by atoms with Gasteiger partial charge in [0.2, 0.25) is 12.2 Å². The number of imidazole rings is 1. The largest absolute Gasteiger partial charge is 0.393 e. The minimum Gasteiger partial charge on any atom is -0.393 e. The van der Waals surface area contributed by atoms with Crippen LogP contribution in [0.15, 0.2) is 12.5 Å². The lowest BCUT2D eigenvalue weighted by Gasteiger charge is -2.08. The van der Waals surface area contributed by atoms with Crippen molar-refractivity contribution in [1.82, 2.24) is 14.9 Å². The predicted octanol–water partition coefficient (Wildman–Crippen LogP) is 0.459. The van der Waals surface area contributed by atoms with Gasteiger partial charge in [0.1, 0.15) is 6.20 Å². The number of nitro groups is 1. The predicted molar refractivity (Wildman–Crippen MR) is 67.4 cm³/mol. The second-order valence-corrected chi connectivity index (χ2v) is 4.18. The van der Waals surface area contributed by atoms with Crippen molar-refractivity contribution in [2.24, 2.45) is 0 Å². The van der Waals surface area contributed by atoms with Gasteiger partial charge in [-0.1, -0.05) is 6.92 Å². The van der Waals surface area contributed by atoms with E-state index in [0.717, 1.165) is 0 Å². The van der Waals surface area contributed by atoms with E-state index in [4.69, 9.17) is 0 Å². The molecule has 0 aromatic carbocycles. The Balaban J connectivity index is 2.24. The molecular weight excluding hydrogens is 252 g/mol. The van der Waals surface area contributed by atoms with E-state index in [-0.39, 0.29) is 18.1 Å². The summed E-state index contributed by atoms with van der Waals surface area (Å²) in [5.41, 5.74) is 0. The molecule has 1 amide bonds. The molecule has 1 aromatic heterocycles. The van der Waals surface area contributed by atoms with Crippen LogP contribution in [0.4, 0.5) is 5.82 Å². The molecule has 1 rings (SSSR count). The number of nitrogens with one attached hydrogen (secondary N) is 1. The first kappa shape index (κ1) is 15.1. The third-order valence-corrected chi connectivity index (χ3v) is 2.67. The van der Waals surface area contributed by atoms with E-state index in [0.29, 0.717) is 25.9 Å². The van der Waals surface area contributed by atoms with Crippen molar-refractivity contribution in [2.75, 3.05) is 6.54 Å². The topological polar surface area (TPSA) is 110 Å². The van der Waals surface area contributed by atoms with Crippen LogP contribution in [0, 0.1) is 10.1 Å². The summed E-state index contributed by atoms with van der Waals surface area (Å²) < 4.78 is 1.50. The summed E-state index contributed by atoms with van der Waals surface area (Å²) in [5.74, 6) is -0.383. The third kappa shape index (κ3) is 5.47. The minimum absolute atomic E-state index is 0.153. The number of hydrogen-bond acceptors (Lipinski definition) is 5. The molecule has 1 atom stereocenters. The lowest BCUT2D eigenvalue weighted by molar-refractivity contribution is -0.389. The van der Waals surface area contributed by atoms with Crippen LogP contribution in [0.25, 0.3) is 0 Å². The molecule has 0 aliphatic carbocycles. The van der Waals surface area contributed by atoms with Gasteiger partial charge < -0.3 is 25.1 Å². The van der Waals surface area contributed by atoms with E-state index in [1.54, 1.807) is 0 Å². The first-order valence-corrected chi connectivity index (χ1v) is 6.13. The Morgan fingerprint density at radius 1 is 1.68 bits per heavy atom. The van der Waals surface area contributed by atoms with Crippen molar-refractivity contribution in [3.05, 3.63) is 22.6 Å². The first-order chi connectivity index (χ1) is 9.02. The maximum atomic E-state index is 11.5. The summed E-state index contributed by atoms with van der Waals surface area (Å²) >= 11 is 0. The van der Waals surface area contributed by atoms with Crippen molar-refractivity contribution >= 4 is 11.7 Å². The Morgan fingerprint density at radius 3 is 3.00 bits per heavy atom. The number of nitrogens with zero attached hydrogens (tertiary/aromatic N) is 3. The third-order valence-electron chi connectivity index (χ3n) is 2.67. The molecule has 1 aromatic rings. The lowest BCUT2D eigenvalue weighted by atomic mass is 10.2. The second-order valence-electron chi connectivity index (χ2n) is 4.18. The average Bonchev–Trinajstić information content (AvgIpc) is 2.85. The number of aromatic nitrogens is 2. The summed E-state index contributed by atoms with van der Waals surface area (Å²) in [6.45, 7) is 2.64. The normalized spacial score (nSPS) is 12.1. The number of hydrogen-bond donors (Lipinski definition) is 2. The standard InChI is InChI=1S/C11H18N4O4/c1-2-9(16)3-5-12-11(17)4-6-14-7-10(13-8-14)15(18)19/h7-9,16H,2-6H2,1H3,(H,12,17). The maximum absolute atomic E-state index is 11.5. The maximum Gasteiger partial charge on any atom is 0.381 e. The number of carbonyl (C=O) groups excluding carboxylic acids is 1. The fraction of sp³-hybridized carbons (Fsp3) is 0.636. The number of amides is 1. The molecular formula is C11H18N4O4. The van der Waals surface area contributed by atoms with Gasteiger partial charge in [0.15, 0.2) is 0 Å². The highest BCUT2D eigenvalue weighted by Gasteiger charge is 2.10. The van der Waals surface area contributed by atoms with Crippen molar-refractivity contribution in [3.8, 4) is 0 Å². The molecule has 0 saturated heterocycles. The molecule has 19 heavy (non-hydrogen) atoms. The molecule has 0 aliphatic heterocycles. The summed E-state index contributed by atoms with van der Waals surface area (Å²) in [6.07, 6.45) is 3.63. The summed E-state index contributed by atoms with van der Waals surface area (Å²) in [4.78, 5) is 24.9. The first-order valence-electron chi connectivity index (χ1n) is 6.13. The Morgan fingerprint density at radius 2 is 2.42 bits per heavy atom. The van der Waals surface area contributed by atoms with Gasteiger partial charge in [-0.15, -0.1) is 0 Å². The molecule has 0 aliphatic rings. The van der Waals surface area contributed by atoms with Gasteiger partial charge >= 0.3 is 5.82 Å². The monoisotopic (exact) mass is 270 g/mol. The molecule has 8 heteroatoms. The SMILES string of the molecule is CCC(O)CCNC(=O)CCn1cnc([N+](=O)[O-])c1. The molecule has 0 bridgehead atoms. The highest BCUT2D eigenvalue weighted by atomic mass is 16.6. The Bertz CT molecular complexity index is 432. The van der Waals surface area contributed by atoms with Gasteiger partial charge in [0.25, 0.3) is 0 Å². The van der Waals surface area contributed by atoms with E-state index in [9.17, 15) is 20.0 Å². The average molecular weight is 270 g/mol. The molecule has 8 nitrogen and oxygen atoms in total. The fourth-order valence-electron chi connectivity index (χ4n) is 1.47. The molecule has 0 spiro atoms. The summed E-state index contributed by atoms with van der Waals surface area (Å²) in [6, 6.07) is 0. The molecule has 2 N–H and O–H groups in total. The zero-order chi connectivity index (χ0) is 14.3. The molecule has 0 saturated carbocycles. The van der Waals surface area contributed by atoms with Crippen molar-refractivity contribution < 1.29 is 14.8 Å². The van der Waals surface area contributed by atoms with Crippen LogP contribution in [0.1, 0.15) is 26.2 Å². The Kier molecular flexibility index (Phi) is 5.94. The number of aliphatic hydroxyl groups is 1. The van der Waals surface area contributed by atoms with Crippen molar-refractivity contribution in [2.45, 2.75) is 38.8 Å². The van der Waals surface area contributed by atoms with Gasteiger partial charge in [-0.2, -0.15) is 0 Å². The number of aliphatic hydroxyl groups excluding tert-OH is 1. The van der Waals surface area contributed by atoms with Crippen LogP contribution < -0.4 is 5.32 Å². The number of carbonyl (C=O) groups is 1. The van der Waals surface area contributed by atoms with Crippen LogP contribution >= 0.6 is 0 Å². The highest BCUT2D eigenvalue weighted by molar-refractivity contribution is 5.75. The fourth-order valence-corrected chi connectivity index (χ4v) is 1.47. The zero-order valence-electron chi connectivity index (χ0n) is 10.8. The molecule has 106 valence electrons. The van der Waals surface area contributed by atoms with Gasteiger partial charge in [0, 0.05) is 19.5 Å². The van der Waals surface area contributed by atoms with E-state index < -0.39 is 11.0 Å². The van der Waals surface area contributed by atoms with Crippen molar-refractivity contribution in [1.29, 1.82) is 0 Å². The number of rotatable bonds is 8. The number of aryl methyl sites for hydroxylation is 1. The Hall–Kier alpha value is -1.96. The van der Waals surface area contributed by atoms with Crippen molar-refractivity contribution in [3.63, 3.8) is 0 Å². The van der Waals surface area contributed by atoms with Crippen LogP contribution in [-0.2, 0) is 11.3 Å². The van der Waals surface area contributed by atoms with Gasteiger partial charge in [-0.05, 0) is 22.7 Å². The van der Waals surface area contributed by atoms with Crippen LogP contribution in [0.5, 0.6) is 0 Å². The second kappa shape index (κ2) is 7.47. The van der Waals surface area contributed by atoms with Gasteiger partial charge in [-0.25, -0.2) is 0 Å². The minimum atomic E-state index is -0.581. The molecule has 1 unspecified atom stereocenters. The zero-order valence-corrected chi connectivity index (χ0v) is 10.8. The quantitative estimate of drug-likeness (QED) is 0.526. The highest BCUT2D eigenvalue weighted by Crippen LogP contribution is 2.06.